The van der Waals surface area contributed by atoms with Crippen molar-refractivity contribution in [1.29, 1.82) is 0 Å². The number of fused-ring (bicyclic) bond motifs is 1. The maximum Gasteiger partial charge on any atom is 0.340 e. The third kappa shape index (κ3) is 4.72. The van der Waals surface area contributed by atoms with Gasteiger partial charge in [-0.05, 0) is 29.8 Å². The molecule has 0 aliphatic rings. The molecule has 0 amide bonds. The zero-order valence-electron chi connectivity index (χ0n) is 13.1. The van der Waals surface area contributed by atoms with Crippen molar-refractivity contribution in [3.05, 3.63) is 80.6 Å². The molecule has 2 aromatic carbocycles. The maximum atomic E-state index is 12.0. The molecular formula is C19H18BrNO2S. The van der Waals surface area contributed by atoms with Crippen LogP contribution in [0.3, 0.4) is 0 Å². The van der Waals surface area contributed by atoms with E-state index in [9.17, 15) is 4.79 Å². The first-order chi connectivity index (χ1) is 11.7. The molecule has 0 fully saturated rings. The van der Waals surface area contributed by atoms with E-state index in [-0.39, 0.29) is 5.63 Å². The predicted octanol–water partition coefficient (Wildman–Crippen LogP) is 4.58. The van der Waals surface area contributed by atoms with Crippen LogP contribution >= 0.6 is 27.7 Å². The van der Waals surface area contributed by atoms with Crippen molar-refractivity contribution >= 4 is 38.7 Å². The molecule has 1 N–H and O–H groups in total. The van der Waals surface area contributed by atoms with Crippen molar-refractivity contribution in [2.45, 2.75) is 12.3 Å². The maximum absolute atomic E-state index is 12.0. The fourth-order valence-electron chi connectivity index (χ4n) is 2.39. The number of hydrogen-bond donors (Lipinski definition) is 1. The van der Waals surface area contributed by atoms with Crippen LogP contribution in [0.1, 0.15) is 11.1 Å². The van der Waals surface area contributed by atoms with E-state index in [4.69, 9.17) is 4.42 Å². The number of nitrogens with one attached hydrogen (secondary N) is 1. The average molecular weight is 404 g/mol. The summed E-state index contributed by atoms with van der Waals surface area (Å²) in [6.45, 7) is 1.38. The van der Waals surface area contributed by atoms with Crippen LogP contribution < -0.4 is 10.9 Å². The van der Waals surface area contributed by atoms with Crippen molar-refractivity contribution in [1.82, 2.24) is 5.32 Å². The number of hydrogen-bond acceptors (Lipinski definition) is 4. The van der Waals surface area contributed by atoms with Crippen LogP contribution in [0.4, 0.5) is 0 Å². The van der Waals surface area contributed by atoms with Crippen molar-refractivity contribution in [3.63, 3.8) is 0 Å². The van der Waals surface area contributed by atoms with E-state index in [0.29, 0.717) is 17.7 Å². The summed E-state index contributed by atoms with van der Waals surface area (Å²) in [5, 5.41) is 4.25. The molecule has 0 saturated carbocycles. The Morgan fingerprint density at radius 1 is 1.08 bits per heavy atom. The molecule has 124 valence electrons. The third-order valence-electron chi connectivity index (χ3n) is 3.62. The lowest BCUT2D eigenvalue weighted by molar-refractivity contribution is 0.543. The fourth-order valence-corrected chi connectivity index (χ4v) is 3.63. The van der Waals surface area contributed by atoms with Crippen LogP contribution in [0.5, 0.6) is 0 Å². The SMILES string of the molecule is O=c1oc2ccc(Br)cc2cc1CNCCSCc1ccccc1. The molecule has 0 radical (unpaired) electrons. The molecule has 0 saturated heterocycles. The summed E-state index contributed by atoms with van der Waals surface area (Å²) in [5.74, 6) is 2.01. The van der Waals surface area contributed by atoms with E-state index in [1.807, 2.05) is 36.0 Å². The molecule has 1 aromatic heterocycles. The summed E-state index contributed by atoms with van der Waals surface area (Å²) < 4.78 is 6.33. The van der Waals surface area contributed by atoms with Gasteiger partial charge in [0, 0.05) is 34.5 Å². The molecule has 0 atom stereocenters. The highest BCUT2D eigenvalue weighted by molar-refractivity contribution is 9.10. The highest BCUT2D eigenvalue weighted by Crippen LogP contribution is 2.19. The van der Waals surface area contributed by atoms with Crippen molar-refractivity contribution in [2.24, 2.45) is 0 Å². The fraction of sp³-hybridized carbons (Fsp3) is 0.211. The lowest BCUT2D eigenvalue weighted by Gasteiger charge is -2.06. The summed E-state index contributed by atoms with van der Waals surface area (Å²) >= 11 is 5.32. The van der Waals surface area contributed by atoms with Gasteiger partial charge >= 0.3 is 5.63 Å². The van der Waals surface area contributed by atoms with E-state index < -0.39 is 0 Å². The van der Waals surface area contributed by atoms with Crippen LogP contribution in [0, 0.1) is 0 Å². The lowest BCUT2D eigenvalue weighted by Crippen LogP contribution is -2.21. The van der Waals surface area contributed by atoms with E-state index in [1.54, 1.807) is 6.07 Å². The van der Waals surface area contributed by atoms with E-state index >= 15 is 0 Å². The number of rotatable bonds is 7. The summed E-state index contributed by atoms with van der Waals surface area (Å²) in [6, 6.07) is 18.0. The minimum atomic E-state index is -0.269. The predicted molar refractivity (Wildman–Crippen MR) is 104 cm³/mol. The van der Waals surface area contributed by atoms with Gasteiger partial charge in [0.2, 0.25) is 0 Å². The minimum absolute atomic E-state index is 0.269. The topological polar surface area (TPSA) is 42.2 Å². The minimum Gasteiger partial charge on any atom is -0.422 e. The van der Waals surface area contributed by atoms with Gasteiger partial charge in [-0.1, -0.05) is 46.3 Å². The highest BCUT2D eigenvalue weighted by Gasteiger charge is 2.05. The average Bonchev–Trinajstić information content (AvgIpc) is 2.59. The van der Waals surface area contributed by atoms with Crippen molar-refractivity contribution in [2.75, 3.05) is 12.3 Å². The van der Waals surface area contributed by atoms with E-state index in [2.05, 4.69) is 45.5 Å². The van der Waals surface area contributed by atoms with E-state index in [1.165, 1.54) is 5.56 Å². The molecule has 3 nitrogen and oxygen atoms in total. The lowest BCUT2D eigenvalue weighted by atomic mass is 10.2. The second kappa shape index (κ2) is 8.51. The summed E-state index contributed by atoms with van der Waals surface area (Å²) in [5.41, 5.74) is 2.34. The molecule has 24 heavy (non-hydrogen) atoms. The Hall–Kier alpha value is -1.56. The van der Waals surface area contributed by atoms with Crippen LogP contribution in [0.25, 0.3) is 11.0 Å². The summed E-state index contributed by atoms with van der Waals surface area (Å²) in [4.78, 5) is 12.0. The van der Waals surface area contributed by atoms with Crippen molar-refractivity contribution < 1.29 is 4.42 Å². The summed E-state index contributed by atoms with van der Waals surface area (Å²) in [6.07, 6.45) is 0. The Morgan fingerprint density at radius 2 is 1.92 bits per heavy atom. The smallest absolute Gasteiger partial charge is 0.340 e. The molecule has 0 spiro atoms. The van der Waals surface area contributed by atoms with Gasteiger partial charge in [-0.2, -0.15) is 11.8 Å². The first-order valence-corrected chi connectivity index (χ1v) is 9.72. The van der Waals surface area contributed by atoms with Crippen LogP contribution in [0.15, 0.2) is 68.3 Å². The Morgan fingerprint density at radius 3 is 2.75 bits per heavy atom. The number of thioether (sulfide) groups is 1. The Bertz CT molecular complexity index is 864. The Balaban J connectivity index is 1.49. The largest absolute Gasteiger partial charge is 0.422 e. The number of halogens is 1. The molecule has 3 aromatic rings. The molecule has 1 heterocycles. The molecule has 5 heteroatoms. The van der Waals surface area contributed by atoms with Crippen LogP contribution in [-0.2, 0) is 12.3 Å². The third-order valence-corrected chi connectivity index (χ3v) is 5.14. The standard InChI is InChI=1S/C19H18BrNO2S/c20-17-6-7-18-15(11-17)10-16(19(22)23-18)12-21-8-9-24-13-14-4-2-1-3-5-14/h1-7,10-11,21H,8-9,12-13H2. The second-order valence-corrected chi connectivity index (χ2v) is 7.48. The van der Waals surface area contributed by atoms with Gasteiger partial charge in [0.1, 0.15) is 5.58 Å². The molecular weight excluding hydrogens is 386 g/mol. The first-order valence-electron chi connectivity index (χ1n) is 7.77. The first kappa shape index (κ1) is 17.3. The van der Waals surface area contributed by atoms with Gasteiger partial charge in [0.25, 0.3) is 0 Å². The van der Waals surface area contributed by atoms with Gasteiger partial charge in [0.05, 0.1) is 5.56 Å². The molecule has 0 unspecified atom stereocenters. The quantitative estimate of drug-likeness (QED) is 0.463. The molecule has 0 bridgehead atoms. The normalized spacial score (nSPS) is 11.0. The van der Waals surface area contributed by atoms with E-state index in [0.717, 1.165) is 27.9 Å². The van der Waals surface area contributed by atoms with Gasteiger partial charge in [-0.15, -0.1) is 0 Å². The van der Waals surface area contributed by atoms with Crippen molar-refractivity contribution in [3.8, 4) is 0 Å². The molecule has 0 aliphatic heterocycles. The van der Waals surface area contributed by atoms with Gasteiger partial charge in [-0.25, -0.2) is 4.79 Å². The van der Waals surface area contributed by atoms with Crippen LogP contribution in [-0.4, -0.2) is 12.3 Å². The molecule has 0 aliphatic carbocycles. The van der Waals surface area contributed by atoms with Crippen LogP contribution in [0.2, 0.25) is 0 Å². The monoisotopic (exact) mass is 403 g/mol. The number of benzene rings is 2. The van der Waals surface area contributed by atoms with Gasteiger partial charge in [0.15, 0.2) is 0 Å². The Kier molecular flexibility index (Phi) is 6.12. The Labute approximate surface area is 153 Å². The highest BCUT2D eigenvalue weighted by atomic mass is 79.9. The molecule has 3 rings (SSSR count). The second-order valence-electron chi connectivity index (χ2n) is 5.46. The zero-order chi connectivity index (χ0) is 16.8. The van der Waals surface area contributed by atoms with Gasteiger partial charge in [-0.3, -0.25) is 0 Å². The summed E-state index contributed by atoms with van der Waals surface area (Å²) in [7, 11) is 0. The zero-order valence-corrected chi connectivity index (χ0v) is 15.5. The van der Waals surface area contributed by atoms with Gasteiger partial charge < -0.3 is 9.73 Å².